The molecule has 0 aliphatic heterocycles. The van der Waals surface area contributed by atoms with Gasteiger partial charge in [-0.15, -0.1) is 0 Å². The Morgan fingerprint density at radius 3 is 2.55 bits per heavy atom. The fourth-order valence-corrected chi connectivity index (χ4v) is 2.21. The molecule has 22 heavy (non-hydrogen) atoms. The van der Waals surface area contributed by atoms with E-state index in [0.717, 1.165) is 22.8 Å². The molecular formula is C18H20N2O2. The van der Waals surface area contributed by atoms with Crippen LogP contribution in [0.5, 0.6) is 0 Å². The maximum atomic E-state index is 12.2. The van der Waals surface area contributed by atoms with Crippen LogP contribution in [-0.4, -0.2) is 18.4 Å². The first-order valence-electron chi connectivity index (χ1n) is 7.37. The van der Waals surface area contributed by atoms with Crippen molar-refractivity contribution in [1.29, 1.82) is 0 Å². The summed E-state index contributed by atoms with van der Waals surface area (Å²) < 4.78 is 0. The average molecular weight is 296 g/mol. The highest BCUT2D eigenvalue weighted by Gasteiger charge is 2.11. The third-order valence-electron chi connectivity index (χ3n) is 3.21. The molecule has 0 saturated carbocycles. The van der Waals surface area contributed by atoms with Gasteiger partial charge in [-0.25, -0.2) is 0 Å². The Hall–Kier alpha value is -2.62. The van der Waals surface area contributed by atoms with Crippen molar-refractivity contribution in [2.75, 3.05) is 6.54 Å². The summed E-state index contributed by atoms with van der Waals surface area (Å²) in [5.74, 6) is -0.539. The van der Waals surface area contributed by atoms with E-state index in [-0.39, 0.29) is 17.5 Å². The first kappa shape index (κ1) is 15.8. The molecule has 4 heteroatoms. The van der Waals surface area contributed by atoms with Crippen molar-refractivity contribution in [2.45, 2.75) is 20.3 Å². The minimum Gasteiger partial charge on any atom is -0.351 e. The van der Waals surface area contributed by atoms with Gasteiger partial charge in [-0.1, -0.05) is 49.4 Å². The lowest BCUT2D eigenvalue weighted by molar-refractivity contribution is -0.122. The van der Waals surface area contributed by atoms with Crippen LogP contribution < -0.4 is 10.6 Å². The summed E-state index contributed by atoms with van der Waals surface area (Å²) in [6, 6.07) is 13.8. The Morgan fingerprint density at radius 1 is 1.09 bits per heavy atom. The molecule has 2 aromatic carbocycles. The zero-order valence-electron chi connectivity index (χ0n) is 12.8. The molecule has 0 unspecified atom stereocenters. The zero-order chi connectivity index (χ0) is 15.9. The third-order valence-corrected chi connectivity index (χ3v) is 3.21. The van der Waals surface area contributed by atoms with E-state index in [2.05, 4.69) is 10.6 Å². The molecule has 114 valence electrons. The van der Waals surface area contributed by atoms with Crippen molar-refractivity contribution in [1.82, 2.24) is 10.6 Å². The Bertz CT molecular complexity index is 715. The fourth-order valence-electron chi connectivity index (χ4n) is 2.21. The summed E-state index contributed by atoms with van der Waals surface area (Å²) in [5, 5.41) is 7.52. The molecule has 0 aliphatic rings. The molecule has 0 heterocycles. The highest BCUT2D eigenvalue weighted by atomic mass is 16.2. The smallest absolute Gasteiger partial charge is 0.267 e. The second-order valence-corrected chi connectivity index (χ2v) is 5.06. The van der Waals surface area contributed by atoms with Crippen LogP contribution in [0.4, 0.5) is 0 Å². The Morgan fingerprint density at radius 2 is 1.82 bits per heavy atom. The van der Waals surface area contributed by atoms with E-state index < -0.39 is 0 Å². The second kappa shape index (κ2) is 7.41. The van der Waals surface area contributed by atoms with Gasteiger partial charge in [-0.05, 0) is 28.8 Å². The van der Waals surface area contributed by atoms with Gasteiger partial charge >= 0.3 is 0 Å². The van der Waals surface area contributed by atoms with E-state index in [0.29, 0.717) is 6.54 Å². The maximum absolute atomic E-state index is 12.2. The summed E-state index contributed by atoms with van der Waals surface area (Å²) in [7, 11) is 0. The van der Waals surface area contributed by atoms with E-state index in [1.165, 1.54) is 6.92 Å². The van der Waals surface area contributed by atoms with Crippen LogP contribution in [0.3, 0.4) is 0 Å². The van der Waals surface area contributed by atoms with Gasteiger partial charge in [0.25, 0.3) is 5.91 Å². The van der Waals surface area contributed by atoms with Gasteiger partial charge in [-0.3, -0.25) is 9.59 Å². The monoisotopic (exact) mass is 296 g/mol. The van der Waals surface area contributed by atoms with Crippen molar-refractivity contribution in [3.8, 4) is 0 Å². The summed E-state index contributed by atoms with van der Waals surface area (Å²) in [5.41, 5.74) is 1.16. The Balaban J connectivity index is 2.42. The molecule has 0 bridgehead atoms. The third kappa shape index (κ3) is 3.95. The van der Waals surface area contributed by atoms with Crippen molar-refractivity contribution < 1.29 is 9.59 Å². The second-order valence-electron chi connectivity index (χ2n) is 5.06. The lowest BCUT2D eigenvalue weighted by atomic mass is 10.0. The highest BCUT2D eigenvalue weighted by Crippen LogP contribution is 2.20. The van der Waals surface area contributed by atoms with Gasteiger partial charge < -0.3 is 10.6 Å². The van der Waals surface area contributed by atoms with Crippen LogP contribution in [0.15, 0.2) is 48.2 Å². The quantitative estimate of drug-likeness (QED) is 0.834. The minimum atomic E-state index is -0.273. The first-order chi connectivity index (χ1) is 10.6. The number of fused-ring (bicyclic) bond motifs is 1. The van der Waals surface area contributed by atoms with E-state index in [1.54, 1.807) is 6.08 Å². The van der Waals surface area contributed by atoms with Crippen molar-refractivity contribution in [2.24, 2.45) is 0 Å². The maximum Gasteiger partial charge on any atom is 0.267 e. The molecule has 0 aromatic heterocycles. The van der Waals surface area contributed by atoms with E-state index in [9.17, 15) is 9.59 Å². The van der Waals surface area contributed by atoms with Crippen LogP contribution in [0.1, 0.15) is 25.8 Å². The van der Waals surface area contributed by atoms with Crippen LogP contribution >= 0.6 is 0 Å². The first-order valence-corrected chi connectivity index (χ1v) is 7.37. The molecule has 2 aromatic rings. The van der Waals surface area contributed by atoms with Gasteiger partial charge in [0.1, 0.15) is 5.70 Å². The number of rotatable bonds is 5. The van der Waals surface area contributed by atoms with Crippen molar-refractivity contribution in [3.05, 3.63) is 53.7 Å². The van der Waals surface area contributed by atoms with E-state index >= 15 is 0 Å². The van der Waals surface area contributed by atoms with Crippen molar-refractivity contribution >= 4 is 28.7 Å². The predicted molar refractivity (Wildman–Crippen MR) is 89.0 cm³/mol. The highest BCUT2D eigenvalue weighted by molar-refractivity contribution is 6.03. The summed E-state index contributed by atoms with van der Waals surface area (Å²) in [6.07, 6.45) is 2.56. The average Bonchev–Trinajstić information content (AvgIpc) is 2.52. The molecule has 0 atom stereocenters. The molecular weight excluding hydrogens is 276 g/mol. The Labute approximate surface area is 130 Å². The van der Waals surface area contributed by atoms with Crippen LogP contribution in [-0.2, 0) is 9.59 Å². The fraction of sp³-hybridized carbons (Fsp3) is 0.222. The Kier molecular flexibility index (Phi) is 5.31. The number of nitrogens with one attached hydrogen (secondary N) is 2. The van der Waals surface area contributed by atoms with Crippen molar-refractivity contribution in [3.63, 3.8) is 0 Å². The number of carbonyl (C=O) groups is 2. The number of benzene rings is 2. The predicted octanol–water partition coefficient (Wildman–Crippen LogP) is 2.84. The SMILES string of the molecule is CCCNC(=O)/C(=C\c1cccc2ccccc12)NC(C)=O. The molecule has 0 aliphatic carbocycles. The lowest BCUT2D eigenvalue weighted by Gasteiger charge is -2.10. The summed E-state index contributed by atoms with van der Waals surface area (Å²) in [6.45, 7) is 3.95. The zero-order valence-corrected chi connectivity index (χ0v) is 12.8. The molecule has 0 radical (unpaired) electrons. The largest absolute Gasteiger partial charge is 0.351 e. The molecule has 0 fully saturated rings. The minimum absolute atomic E-state index is 0.261. The molecule has 2 N–H and O–H groups in total. The van der Waals surface area contributed by atoms with Crippen LogP contribution in [0, 0.1) is 0 Å². The van der Waals surface area contributed by atoms with Gasteiger partial charge in [0.05, 0.1) is 0 Å². The van der Waals surface area contributed by atoms with Gasteiger partial charge in [0.2, 0.25) is 5.91 Å². The molecule has 2 rings (SSSR count). The van der Waals surface area contributed by atoms with Crippen LogP contribution in [0.2, 0.25) is 0 Å². The topological polar surface area (TPSA) is 58.2 Å². The van der Waals surface area contributed by atoms with Gasteiger partial charge in [0, 0.05) is 13.5 Å². The van der Waals surface area contributed by atoms with Gasteiger partial charge in [0.15, 0.2) is 0 Å². The molecule has 0 saturated heterocycles. The van der Waals surface area contributed by atoms with Gasteiger partial charge in [-0.2, -0.15) is 0 Å². The number of hydrogen-bond donors (Lipinski definition) is 2. The number of hydrogen-bond acceptors (Lipinski definition) is 2. The standard InChI is InChI=1S/C18H20N2O2/c1-3-11-19-18(22)17(20-13(2)21)12-15-9-6-8-14-7-4-5-10-16(14)15/h4-10,12H,3,11H2,1-2H3,(H,19,22)(H,20,21)/b17-12+. The van der Waals surface area contributed by atoms with Crippen LogP contribution in [0.25, 0.3) is 16.8 Å². The lowest BCUT2D eigenvalue weighted by Crippen LogP contribution is -2.34. The number of amides is 2. The molecule has 0 spiro atoms. The molecule has 4 nitrogen and oxygen atoms in total. The normalized spacial score (nSPS) is 11.3. The summed E-state index contributed by atoms with van der Waals surface area (Å²) in [4.78, 5) is 23.5. The van der Waals surface area contributed by atoms with E-state index in [1.807, 2.05) is 49.4 Å². The summed E-state index contributed by atoms with van der Waals surface area (Å²) >= 11 is 0. The van der Waals surface area contributed by atoms with E-state index in [4.69, 9.17) is 0 Å². The molecule has 2 amide bonds. The number of carbonyl (C=O) groups excluding carboxylic acids is 2.